The molecule has 0 spiro atoms. The van der Waals surface area contributed by atoms with Gasteiger partial charge in [-0.3, -0.25) is 4.57 Å². The van der Waals surface area contributed by atoms with Gasteiger partial charge in [-0.15, -0.1) is 23.5 Å². The Hall–Kier alpha value is 2.17. The molecule has 3 rings (SSSR count). The first-order valence-electron chi connectivity index (χ1n) is 6.11. The van der Waals surface area contributed by atoms with Crippen molar-refractivity contribution in [2.75, 3.05) is 26.7 Å². The molecule has 0 aromatic rings. The van der Waals surface area contributed by atoms with Crippen molar-refractivity contribution in [3.63, 3.8) is 0 Å². The van der Waals surface area contributed by atoms with Crippen LogP contribution < -0.4 is 0 Å². The molecule has 0 saturated carbocycles. The molecule has 0 aromatic carbocycles. The lowest BCUT2D eigenvalue weighted by molar-refractivity contribution is 0.279. The van der Waals surface area contributed by atoms with E-state index in [2.05, 4.69) is 12.5 Å². The number of hydrogen-bond donors (Lipinski definition) is 0. The molecule has 3 nitrogen and oxygen atoms in total. The van der Waals surface area contributed by atoms with Crippen LogP contribution in [0.4, 0.5) is 0 Å². The van der Waals surface area contributed by atoms with Crippen LogP contribution in [0.2, 0.25) is 0 Å². The van der Waals surface area contributed by atoms with E-state index in [1.807, 2.05) is 47.0 Å². The molecule has 3 aliphatic rings. The number of hydrogen-bond acceptors (Lipinski definition) is 11. The first kappa shape index (κ1) is 19.9. The molecule has 23 heavy (non-hydrogen) atoms. The van der Waals surface area contributed by atoms with Gasteiger partial charge in [0.1, 0.15) is 0 Å². The van der Waals surface area contributed by atoms with E-state index >= 15 is 0 Å². The van der Waals surface area contributed by atoms with Crippen molar-refractivity contribution in [2.24, 2.45) is 0 Å². The number of rotatable bonds is 5. The van der Waals surface area contributed by atoms with Gasteiger partial charge in [-0.2, -0.15) is 0 Å². The van der Waals surface area contributed by atoms with E-state index in [0.717, 1.165) is 0 Å². The van der Waals surface area contributed by atoms with Crippen molar-refractivity contribution >= 4 is 102 Å². The maximum Gasteiger partial charge on any atom is 0.353 e. The van der Waals surface area contributed by atoms with Gasteiger partial charge in [0.05, 0.1) is 25.4 Å². The predicted octanol–water partition coefficient (Wildman–Crippen LogP) is 7.30. The highest BCUT2D eigenvalue weighted by Gasteiger charge is 2.45. The highest BCUT2D eigenvalue weighted by Crippen LogP contribution is 2.75. The fourth-order valence-corrected chi connectivity index (χ4v) is 16.8. The summed E-state index contributed by atoms with van der Waals surface area (Å²) in [6, 6.07) is 0. The number of thioether (sulfide) groups is 8. The van der Waals surface area contributed by atoms with E-state index in [0.29, 0.717) is 0 Å². The summed E-state index contributed by atoms with van der Waals surface area (Å²) in [6.07, 6.45) is 4.26. The van der Waals surface area contributed by atoms with Gasteiger partial charge in [0, 0.05) is 14.2 Å². The van der Waals surface area contributed by atoms with E-state index in [9.17, 15) is 4.57 Å². The summed E-state index contributed by atoms with van der Waals surface area (Å²) >= 11 is 14.2. The lowest BCUT2D eigenvalue weighted by Gasteiger charge is -2.19. The Balaban J connectivity index is 1.68. The van der Waals surface area contributed by atoms with Gasteiger partial charge in [-0.05, 0) is 12.5 Å². The van der Waals surface area contributed by atoms with Crippen LogP contribution in [0.5, 0.6) is 0 Å². The molecular weight excluding hydrogens is 468 g/mol. The van der Waals surface area contributed by atoms with E-state index in [1.165, 1.54) is 39.6 Å². The third-order valence-electron chi connectivity index (χ3n) is 2.80. The molecule has 128 valence electrons. The Bertz CT molecular complexity index is 612. The molecule has 0 aliphatic carbocycles. The highest BCUT2D eigenvalue weighted by atomic mass is 32.3. The van der Waals surface area contributed by atoms with E-state index in [-0.39, 0.29) is 4.32 Å². The molecule has 0 bridgehead atoms. The monoisotopic (exact) mass is 480 g/mol. The summed E-state index contributed by atoms with van der Waals surface area (Å²) in [4.78, 5) is 0. The molecule has 0 saturated heterocycles. The minimum absolute atomic E-state index is 0.195. The quantitative estimate of drug-likeness (QED) is 0.372. The zero-order valence-corrected chi connectivity index (χ0v) is 19.9. The molecule has 0 unspecified atom stereocenters. The molecule has 3 aliphatic heterocycles. The lowest BCUT2D eigenvalue weighted by Crippen LogP contribution is -2.00. The zero-order valence-electron chi connectivity index (χ0n) is 12.5. The van der Waals surface area contributed by atoms with Crippen LogP contribution in [-0.4, -0.2) is 31.1 Å². The van der Waals surface area contributed by atoms with E-state index < -0.39 is 7.60 Å². The van der Waals surface area contributed by atoms with Crippen LogP contribution in [0.25, 0.3) is 0 Å². The second-order valence-corrected chi connectivity index (χ2v) is 16.8. The molecule has 3 heterocycles. The Labute approximate surface area is 170 Å². The van der Waals surface area contributed by atoms with Crippen LogP contribution in [0.15, 0.2) is 25.4 Å². The van der Waals surface area contributed by atoms with Crippen LogP contribution >= 0.6 is 102 Å². The normalized spacial score (nSPS) is 22.8. The fraction of sp³-hybridized carbons (Fsp3) is 0.455. The molecule has 0 radical (unpaired) electrons. The van der Waals surface area contributed by atoms with Crippen LogP contribution in [0.1, 0.15) is 0 Å². The smallest absolute Gasteiger partial charge is 0.311 e. The summed E-state index contributed by atoms with van der Waals surface area (Å²) in [5.41, 5.74) is 0. The first-order valence-corrected chi connectivity index (χ1v) is 15.2. The molecule has 0 fully saturated rings. The summed E-state index contributed by atoms with van der Waals surface area (Å²) < 4.78 is 30.5. The minimum Gasteiger partial charge on any atom is -0.311 e. The molecule has 0 atom stereocenters. The average molecular weight is 481 g/mol. The van der Waals surface area contributed by atoms with E-state index in [1.54, 1.807) is 47.0 Å². The predicted molar refractivity (Wildman–Crippen MR) is 119 cm³/mol. The minimum atomic E-state index is -3.04. The van der Waals surface area contributed by atoms with Gasteiger partial charge in [0.2, 0.25) is 0 Å². The molecule has 0 amide bonds. The SMILES string of the molecule is COP(=O)(OC)C1SC2=C(SC(=C3SC(SC)=C(SC)S3)S2)S1. The van der Waals surface area contributed by atoms with Crippen molar-refractivity contribution in [1.29, 1.82) is 0 Å². The van der Waals surface area contributed by atoms with Gasteiger partial charge >= 0.3 is 7.60 Å². The Morgan fingerprint density at radius 2 is 1.26 bits per heavy atom. The maximum absolute atomic E-state index is 12.5. The molecule has 12 heteroatoms. The largest absolute Gasteiger partial charge is 0.353 e. The topological polar surface area (TPSA) is 35.5 Å². The van der Waals surface area contributed by atoms with Crippen molar-refractivity contribution in [3.05, 3.63) is 25.4 Å². The van der Waals surface area contributed by atoms with Gasteiger partial charge in [0.15, 0.2) is 4.32 Å². The lowest BCUT2D eigenvalue weighted by atomic mass is 11.2. The van der Waals surface area contributed by atoms with Crippen LogP contribution in [0.3, 0.4) is 0 Å². The van der Waals surface area contributed by atoms with Gasteiger partial charge in [-0.1, -0.05) is 70.6 Å². The first-order chi connectivity index (χ1) is 11.0. The van der Waals surface area contributed by atoms with Crippen molar-refractivity contribution < 1.29 is 13.6 Å². The van der Waals surface area contributed by atoms with Gasteiger partial charge < -0.3 is 9.05 Å². The molecular formula is C11H13O3PS8. The summed E-state index contributed by atoms with van der Waals surface area (Å²) in [5, 5.41) is 0. The molecule has 0 N–H and O–H groups in total. The third-order valence-corrected chi connectivity index (χ3v) is 17.7. The van der Waals surface area contributed by atoms with Gasteiger partial charge in [-0.25, -0.2) is 0 Å². The molecule has 0 aromatic heterocycles. The van der Waals surface area contributed by atoms with Crippen molar-refractivity contribution in [2.45, 2.75) is 4.32 Å². The Kier molecular flexibility index (Phi) is 7.32. The Morgan fingerprint density at radius 3 is 1.65 bits per heavy atom. The summed E-state index contributed by atoms with van der Waals surface area (Å²) in [6.45, 7) is 0. The average Bonchev–Trinajstić information content (AvgIpc) is 3.25. The fourth-order valence-electron chi connectivity index (χ4n) is 1.69. The van der Waals surface area contributed by atoms with Crippen molar-refractivity contribution in [1.82, 2.24) is 0 Å². The Morgan fingerprint density at radius 1 is 0.826 bits per heavy atom. The summed E-state index contributed by atoms with van der Waals surface area (Å²) in [7, 11) is -0.137. The van der Waals surface area contributed by atoms with Crippen molar-refractivity contribution in [3.8, 4) is 0 Å². The second-order valence-electron chi connectivity index (χ2n) is 3.99. The van der Waals surface area contributed by atoms with Crippen LogP contribution in [-0.2, 0) is 13.6 Å². The van der Waals surface area contributed by atoms with Crippen LogP contribution in [0, 0.1) is 0 Å². The second kappa shape index (κ2) is 8.46. The summed E-state index contributed by atoms with van der Waals surface area (Å²) in [5.74, 6) is 0. The maximum atomic E-state index is 12.5. The van der Waals surface area contributed by atoms with E-state index in [4.69, 9.17) is 9.05 Å². The van der Waals surface area contributed by atoms with Gasteiger partial charge in [0.25, 0.3) is 0 Å². The standard InChI is InChI=1S/C11H13O3PS8/c1-13-15(12,14-2)11-22-9-10(23-11)21-8(20-9)7-18-5(16-3)6(17-4)19-7/h11H,1-4H3. The zero-order chi connectivity index (χ0) is 16.6. The highest BCUT2D eigenvalue weighted by molar-refractivity contribution is 8.49. The third kappa shape index (κ3) is 4.05.